The maximum atomic E-state index is 11.8. The monoisotopic (exact) mass is 269 g/mol. The number of carbonyl (C=O) groups is 1. The first-order chi connectivity index (χ1) is 9.13. The fraction of sp³-hybridized carbons (Fsp3) is 0.941. The molecule has 1 atom stereocenters. The molecule has 0 aliphatic heterocycles. The summed E-state index contributed by atoms with van der Waals surface area (Å²) in [4.78, 5) is 14.0. The standard InChI is InChI=1S/C17H35NO/c1-5-7-9-11-12-14-17(16(3)19)18(4)15-13-10-8-6-2/h17H,5-15H2,1-4H3. The van der Waals surface area contributed by atoms with E-state index >= 15 is 0 Å². The fourth-order valence-corrected chi connectivity index (χ4v) is 2.62. The highest BCUT2D eigenvalue weighted by atomic mass is 16.1. The average molecular weight is 269 g/mol. The number of rotatable bonds is 13. The van der Waals surface area contributed by atoms with Crippen molar-refractivity contribution in [1.82, 2.24) is 4.90 Å². The molecule has 0 amide bonds. The molecule has 114 valence electrons. The molecule has 0 rings (SSSR count). The molecule has 0 saturated carbocycles. The zero-order chi connectivity index (χ0) is 14.5. The van der Waals surface area contributed by atoms with Gasteiger partial charge in [0, 0.05) is 0 Å². The molecule has 0 saturated heterocycles. The quantitative estimate of drug-likeness (QED) is 0.447. The van der Waals surface area contributed by atoms with E-state index < -0.39 is 0 Å². The summed E-state index contributed by atoms with van der Waals surface area (Å²) in [5, 5.41) is 0. The van der Waals surface area contributed by atoms with Gasteiger partial charge < -0.3 is 0 Å². The van der Waals surface area contributed by atoms with Gasteiger partial charge in [-0.3, -0.25) is 9.69 Å². The van der Waals surface area contributed by atoms with Crippen molar-refractivity contribution in [2.45, 2.75) is 91.0 Å². The van der Waals surface area contributed by atoms with Crippen LogP contribution in [-0.2, 0) is 4.79 Å². The second kappa shape index (κ2) is 12.7. The van der Waals surface area contributed by atoms with Gasteiger partial charge in [0.05, 0.1) is 6.04 Å². The zero-order valence-corrected chi connectivity index (χ0v) is 13.7. The van der Waals surface area contributed by atoms with Crippen molar-refractivity contribution >= 4 is 5.78 Å². The summed E-state index contributed by atoms with van der Waals surface area (Å²) < 4.78 is 0. The molecule has 0 fully saturated rings. The Morgan fingerprint density at radius 2 is 1.42 bits per heavy atom. The lowest BCUT2D eigenvalue weighted by Gasteiger charge is -2.26. The number of hydrogen-bond acceptors (Lipinski definition) is 2. The molecule has 0 aromatic rings. The fourth-order valence-electron chi connectivity index (χ4n) is 2.62. The molecule has 0 aromatic carbocycles. The number of hydrogen-bond donors (Lipinski definition) is 0. The largest absolute Gasteiger partial charge is 0.298 e. The van der Waals surface area contributed by atoms with Gasteiger partial charge in [0.1, 0.15) is 5.78 Å². The van der Waals surface area contributed by atoms with Crippen LogP contribution < -0.4 is 0 Å². The van der Waals surface area contributed by atoms with Crippen molar-refractivity contribution in [3.8, 4) is 0 Å². The van der Waals surface area contributed by atoms with Gasteiger partial charge in [-0.25, -0.2) is 0 Å². The normalized spacial score (nSPS) is 12.9. The van der Waals surface area contributed by atoms with Gasteiger partial charge in [0.25, 0.3) is 0 Å². The molecule has 0 bridgehead atoms. The molecule has 0 aromatic heterocycles. The predicted molar refractivity (Wildman–Crippen MR) is 84.6 cm³/mol. The van der Waals surface area contributed by atoms with Crippen LogP contribution in [0.25, 0.3) is 0 Å². The number of likely N-dealkylation sites (N-methyl/N-ethyl adjacent to an activating group) is 1. The molecule has 0 aliphatic rings. The van der Waals surface area contributed by atoms with Crippen LogP contribution >= 0.6 is 0 Å². The summed E-state index contributed by atoms with van der Waals surface area (Å²) in [7, 11) is 2.12. The maximum absolute atomic E-state index is 11.8. The highest BCUT2D eigenvalue weighted by Gasteiger charge is 2.18. The van der Waals surface area contributed by atoms with Crippen molar-refractivity contribution in [2.24, 2.45) is 0 Å². The number of unbranched alkanes of at least 4 members (excludes halogenated alkanes) is 7. The number of carbonyl (C=O) groups excluding carboxylic acids is 1. The molecule has 0 radical (unpaired) electrons. The molecule has 0 aliphatic carbocycles. The smallest absolute Gasteiger partial charge is 0.146 e. The van der Waals surface area contributed by atoms with Gasteiger partial charge >= 0.3 is 0 Å². The lowest BCUT2D eigenvalue weighted by Crippen LogP contribution is -2.37. The van der Waals surface area contributed by atoms with E-state index in [2.05, 4.69) is 25.8 Å². The van der Waals surface area contributed by atoms with E-state index in [1.807, 2.05) is 0 Å². The Hall–Kier alpha value is -0.370. The van der Waals surface area contributed by atoms with Gasteiger partial charge in [-0.05, 0) is 33.4 Å². The number of Topliss-reactive ketones (excluding diaryl/α,β-unsaturated/α-hetero) is 1. The van der Waals surface area contributed by atoms with E-state index in [4.69, 9.17) is 0 Å². The first kappa shape index (κ1) is 18.6. The molecule has 0 spiro atoms. The molecular formula is C17H35NO. The van der Waals surface area contributed by atoms with Crippen molar-refractivity contribution in [2.75, 3.05) is 13.6 Å². The summed E-state index contributed by atoms with van der Waals surface area (Å²) in [6, 6.07) is 0.156. The summed E-state index contributed by atoms with van der Waals surface area (Å²) >= 11 is 0. The topological polar surface area (TPSA) is 20.3 Å². The van der Waals surface area contributed by atoms with E-state index in [1.54, 1.807) is 6.92 Å². The molecule has 0 heterocycles. The second-order valence-corrected chi connectivity index (χ2v) is 5.87. The lowest BCUT2D eigenvalue weighted by atomic mass is 10.0. The first-order valence-electron chi connectivity index (χ1n) is 8.34. The van der Waals surface area contributed by atoms with E-state index in [0.29, 0.717) is 5.78 Å². The number of nitrogens with zero attached hydrogens (tertiary/aromatic N) is 1. The van der Waals surface area contributed by atoms with Crippen LogP contribution in [-0.4, -0.2) is 30.3 Å². The Morgan fingerprint density at radius 3 is 1.95 bits per heavy atom. The van der Waals surface area contributed by atoms with Gasteiger partial charge in [0.2, 0.25) is 0 Å². The third kappa shape index (κ3) is 10.1. The molecule has 2 nitrogen and oxygen atoms in total. The van der Waals surface area contributed by atoms with Crippen LogP contribution in [0.1, 0.15) is 85.0 Å². The summed E-state index contributed by atoms with van der Waals surface area (Å²) in [6.07, 6.45) is 12.6. The Balaban J connectivity index is 3.85. The molecule has 2 heteroatoms. The van der Waals surface area contributed by atoms with Gasteiger partial charge in [-0.2, -0.15) is 0 Å². The molecule has 19 heavy (non-hydrogen) atoms. The van der Waals surface area contributed by atoms with Crippen molar-refractivity contribution in [1.29, 1.82) is 0 Å². The highest BCUT2D eigenvalue weighted by molar-refractivity contribution is 5.81. The summed E-state index contributed by atoms with van der Waals surface area (Å²) in [5.74, 6) is 0.341. The van der Waals surface area contributed by atoms with Crippen LogP contribution in [0.15, 0.2) is 0 Å². The Kier molecular flexibility index (Phi) is 12.4. The molecular weight excluding hydrogens is 234 g/mol. The van der Waals surface area contributed by atoms with Crippen LogP contribution in [0.5, 0.6) is 0 Å². The Bertz CT molecular complexity index is 215. The van der Waals surface area contributed by atoms with Crippen LogP contribution in [0, 0.1) is 0 Å². The maximum Gasteiger partial charge on any atom is 0.146 e. The lowest BCUT2D eigenvalue weighted by molar-refractivity contribution is -0.122. The average Bonchev–Trinajstić information content (AvgIpc) is 2.38. The highest BCUT2D eigenvalue weighted by Crippen LogP contribution is 2.13. The Labute approximate surface area is 120 Å². The van der Waals surface area contributed by atoms with E-state index in [9.17, 15) is 4.79 Å². The van der Waals surface area contributed by atoms with E-state index in [0.717, 1.165) is 13.0 Å². The SMILES string of the molecule is CCCCCCCC(C(C)=O)N(C)CCCCCC. The number of ketones is 1. The van der Waals surface area contributed by atoms with Crippen LogP contribution in [0.4, 0.5) is 0 Å². The minimum absolute atomic E-state index is 0.156. The van der Waals surface area contributed by atoms with Crippen molar-refractivity contribution in [3.63, 3.8) is 0 Å². The van der Waals surface area contributed by atoms with Gasteiger partial charge in [-0.1, -0.05) is 65.2 Å². The summed E-state index contributed by atoms with van der Waals surface area (Å²) in [6.45, 7) is 7.29. The predicted octanol–water partition coefficient (Wildman–Crippen LogP) is 4.82. The minimum Gasteiger partial charge on any atom is -0.298 e. The Morgan fingerprint density at radius 1 is 0.895 bits per heavy atom. The third-order valence-corrected chi connectivity index (χ3v) is 3.95. The van der Waals surface area contributed by atoms with Crippen LogP contribution in [0.3, 0.4) is 0 Å². The van der Waals surface area contributed by atoms with Crippen LogP contribution in [0.2, 0.25) is 0 Å². The molecule has 0 N–H and O–H groups in total. The van der Waals surface area contributed by atoms with E-state index in [-0.39, 0.29) is 6.04 Å². The van der Waals surface area contributed by atoms with Crippen molar-refractivity contribution < 1.29 is 4.79 Å². The van der Waals surface area contributed by atoms with E-state index in [1.165, 1.54) is 57.8 Å². The second-order valence-electron chi connectivity index (χ2n) is 5.87. The van der Waals surface area contributed by atoms with Crippen molar-refractivity contribution in [3.05, 3.63) is 0 Å². The zero-order valence-electron chi connectivity index (χ0n) is 13.7. The third-order valence-electron chi connectivity index (χ3n) is 3.95. The minimum atomic E-state index is 0.156. The van der Waals surface area contributed by atoms with Gasteiger partial charge in [-0.15, -0.1) is 0 Å². The molecule has 1 unspecified atom stereocenters. The summed E-state index contributed by atoms with van der Waals surface area (Å²) in [5.41, 5.74) is 0. The van der Waals surface area contributed by atoms with Gasteiger partial charge in [0.15, 0.2) is 0 Å². The first-order valence-corrected chi connectivity index (χ1v) is 8.34.